The number of piperidine rings is 1. The molecule has 1 amide bonds. The molecule has 1 aliphatic heterocycles. The smallest absolute Gasteiger partial charge is 0.310 e. The van der Waals surface area contributed by atoms with E-state index >= 15 is 0 Å². The first-order valence-electron chi connectivity index (χ1n) is 10.7. The second-order valence-electron chi connectivity index (χ2n) is 8.07. The van der Waals surface area contributed by atoms with Crippen molar-refractivity contribution in [3.63, 3.8) is 0 Å². The summed E-state index contributed by atoms with van der Waals surface area (Å²) in [5, 5.41) is 21.1. The number of amides is 1. The quantitative estimate of drug-likeness (QED) is 0.439. The van der Waals surface area contributed by atoms with Gasteiger partial charge in [0.1, 0.15) is 5.75 Å². The van der Waals surface area contributed by atoms with Crippen molar-refractivity contribution in [3.8, 4) is 5.75 Å². The first kappa shape index (κ1) is 23.3. The van der Waals surface area contributed by atoms with Crippen molar-refractivity contribution in [2.45, 2.75) is 38.0 Å². The molecule has 1 N–H and O–H groups in total. The molecule has 0 bridgehead atoms. The molecule has 1 aliphatic rings. The fraction of sp³-hybridized carbons (Fsp3) is 0.478. The summed E-state index contributed by atoms with van der Waals surface area (Å²) in [5.74, 6) is -0.735. The molecule has 9 heteroatoms. The lowest BCUT2D eigenvalue weighted by molar-refractivity contribution is -0.758. The zero-order valence-electron chi connectivity index (χ0n) is 18.1. The molecule has 0 aliphatic carbocycles. The lowest BCUT2D eigenvalue weighted by atomic mass is 9.91. The monoisotopic (exact) mass is 444 g/mol. The van der Waals surface area contributed by atoms with Gasteiger partial charge in [0, 0.05) is 19.5 Å². The van der Waals surface area contributed by atoms with E-state index in [1.54, 1.807) is 18.1 Å². The Balaban J connectivity index is 1.55. The Kier molecular flexibility index (Phi) is 7.86. The highest BCUT2D eigenvalue weighted by Crippen LogP contribution is 2.29. The van der Waals surface area contributed by atoms with Crippen LogP contribution in [0, 0.1) is 16.0 Å². The van der Waals surface area contributed by atoms with E-state index in [0.717, 1.165) is 29.4 Å². The van der Waals surface area contributed by atoms with Gasteiger partial charge in [0.2, 0.25) is 5.91 Å². The Morgan fingerprint density at radius 3 is 2.53 bits per heavy atom. The number of hydrogen-bond acceptors (Lipinski definition) is 6. The SMILES string of the molecule is COc1ccc2cc([C@H](CCC(=O)N3CCC(CCO[N+](=O)[O-])CC3)C(=O)O)ccc2c1. The number of rotatable bonds is 10. The van der Waals surface area contributed by atoms with Crippen molar-refractivity contribution in [2.24, 2.45) is 5.92 Å². The molecule has 3 rings (SSSR count). The number of benzene rings is 2. The third-order valence-corrected chi connectivity index (χ3v) is 6.11. The molecule has 0 radical (unpaired) electrons. The molecule has 0 aromatic heterocycles. The van der Waals surface area contributed by atoms with E-state index in [9.17, 15) is 24.8 Å². The van der Waals surface area contributed by atoms with Crippen LogP contribution in [-0.4, -0.2) is 53.8 Å². The summed E-state index contributed by atoms with van der Waals surface area (Å²) in [6.07, 6.45) is 2.52. The summed E-state index contributed by atoms with van der Waals surface area (Å²) in [6, 6.07) is 11.1. The summed E-state index contributed by atoms with van der Waals surface area (Å²) < 4.78 is 5.23. The fourth-order valence-electron chi connectivity index (χ4n) is 4.21. The summed E-state index contributed by atoms with van der Waals surface area (Å²) >= 11 is 0. The van der Waals surface area contributed by atoms with Crippen LogP contribution in [0.3, 0.4) is 0 Å². The number of nitrogens with zero attached hydrogens (tertiary/aromatic N) is 2. The van der Waals surface area contributed by atoms with Gasteiger partial charge in [-0.3, -0.25) is 9.59 Å². The van der Waals surface area contributed by atoms with Gasteiger partial charge in [0.25, 0.3) is 5.09 Å². The average Bonchev–Trinajstić information content (AvgIpc) is 2.78. The Bertz CT molecular complexity index is 970. The molecule has 2 aromatic carbocycles. The minimum atomic E-state index is -0.949. The predicted octanol–water partition coefficient (Wildman–Crippen LogP) is 3.63. The number of hydrogen-bond donors (Lipinski definition) is 1. The number of carboxylic acids is 1. The normalized spacial score (nSPS) is 15.3. The van der Waals surface area contributed by atoms with Crippen molar-refractivity contribution in [1.29, 1.82) is 0 Å². The van der Waals surface area contributed by atoms with Crippen LogP contribution < -0.4 is 4.74 Å². The number of carbonyl (C=O) groups is 2. The van der Waals surface area contributed by atoms with E-state index < -0.39 is 17.0 Å². The number of ether oxygens (including phenoxy) is 1. The molecule has 32 heavy (non-hydrogen) atoms. The van der Waals surface area contributed by atoms with Gasteiger partial charge < -0.3 is 19.6 Å². The molecular formula is C23H28N2O7. The second-order valence-corrected chi connectivity index (χ2v) is 8.07. The number of aliphatic carboxylic acids is 1. The van der Waals surface area contributed by atoms with Gasteiger partial charge in [-0.25, -0.2) is 0 Å². The third kappa shape index (κ3) is 6.09. The largest absolute Gasteiger partial charge is 0.497 e. The fourth-order valence-corrected chi connectivity index (χ4v) is 4.21. The maximum atomic E-state index is 12.7. The Labute approximate surface area is 186 Å². The van der Waals surface area contributed by atoms with Gasteiger partial charge in [0.15, 0.2) is 0 Å². The van der Waals surface area contributed by atoms with E-state index in [0.29, 0.717) is 31.0 Å². The molecular weight excluding hydrogens is 416 g/mol. The van der Waals surface area contributed by atoms with Gasteiger partial charge in [0.05, 0.1) is 19.6 Å². The van der Waals surface area contributed by atoms with Gasteiger partial charge in [-0.15, -0.1) is 10.1 Å². The molecule has 0 saturated carbocycles. The third-order valence-electron chi connectivity index (χ3n) is 6.11. The average molecular weight is 444 g/mol. The van der Waals surface area contributed by atoms with Crippen LogP contribution in [0.25, 0.3) is 10.8 Å². The zero-order valence-corrected chi connectivity index (χ0v) is 18.1. The van der Waals surface area contributed by atoms with Crippen LogP contribution in [0.15, 0.2) is 36.4 Å². The Morgan fingerprint density at radius 1 is 1.19 bits per heavy atom. The van der Waals surface area contributed by atoms with Gasteiger partial charge in [-0.2, -0.15) is 0 Å². The van der Waals surface area contributed by atoms with Crippen LogP contribution in [0.2, 0.25) is 0 Å². The first-order valence-corrected chi connectivity index (χ1v) is 10.7. The predicted molar refractivity (Wildman–Crippen MR) is 117 cm³/mol. The molecule has 1 heterocycles. The highest BCUT2D eigenvalue weighted by molar-refractivity contribution is 5.87. The minimum Gasteiger partial charge on any atom is -0.497 e. The highest BCUT2D eigenvalue weighted by atomic mass is 16.9. The molecule has 0 spiro atoms. The zero-order chi connectivity index (χ0) is 23.1. The van der Waals surface area contributed by atoms with Gasteiger partial charge in [-0.05, 0) is 60.1 Å². The number of methoxy groups -OCH3 is 1. The van der Waals surface area contributed by atoms with Crippen LogP contribution in [-0.2, 0) is 14.4 Å². The van der Waals surface area contributed by atoms with Crippen molar-refractivity contribution >= 4 is 22.6 Å². The minimum absolute atomic E-state index is 0.0539. The lowest BCUT2D eigenvalue weighted by Gasteiger charge is -2.32. The Morgan fingerprint density at radius 2 is 1.88 bits per heavy atom. The maximum absolute atomic E-state index is 12.7. The van der Waals surface area contributed by atoms with E-state index in [1.165, 1.54) is 0 Å². The van der Waals surface area contributed by atoms with E-state index in [4.69, 9.17) is 4.74 Å². The molecule has 1 saturated heterocycles. The van der Waals surface area contributed by atoms with Crippen molar-refractivity contribution < 1.29 is 29.4 Å². The summed E-state index contributed by atoms with van der Waals surface area (Å²) in [7, 11) is 1.60. The number of likely N-dealkylation sites (tertiary alicyclic amines) is 1. The number of carboxylic acid groups (broad SMARTS) is 1. The topological polar surface area (TPSA) is 119 Å². The standard InChI is InChI=1S/C23H28N2O7/c1-31-20-5-4-17-14-19(3-2-18(17)15-20)21(23(27)28)6-7-22(26)24-11-8-16(9-12-24)10-13-32-25(29)30/h2-5,14-16,21H,6-13H2,1H3,(H,27,28)/t21-/m0/s1. The van der Waals surface area contributed by atoms with E-state index in [1.807, 2.05) is 30.3 Å². The number of fused-ring (bicyclic) bond motifs is 1. The number of carbonyl (C=O) groups excluding carboxylic acids is 1. The Hall–Kier alpha value is -3.36. The van der Waals surface area contributed by atoms with Crippen molar-refractivity contribution in [3.05, 3.63) is 52.1 Å². The molecule has 172 valence electrons. The van der Waals surface area contributed by atoms with Gasteiger partial charge >= 0.3 is 5.97 Å². The van der Waals surface area contributed by atoms with Crippen molar-refractivity contribution in [1.82, 2.24) is 4.90 Å². The lowest BCUT2D eigenvalue weighted by Crippen LogP contribution is -2.38. The maximum Gasteiger partial charge on any atom is 0.310 e. The molecule has 9 nitrogen and oxygen atoms in total. The molecule has 0 unspecified atom stereocenters. The molecule has 1 atom stereocenters. The van der Waals surface area contributed by atoms with Crippen LogP contribution >= 0.6 is 0 Å². The van der Waals surface area contributed by atoms with Crippen molar-refractivity contribution in [2.75, 3.05) is 26.8 Å². The van der Waals surface area contributed by atoms with Gasteiger partial charge in [-0.1, -0.05) is 24.3 Å². The summed E-state index contributed by atoms with van der Waals surface area (Å²) in [4.78, 5) is 40.9. The summed E-state index contributed by atoms with van der Waals surface area (Å²) in [5.41, 5.74) is 0.674. The first-order chi connectivity index (χ1) is 15.4. The van der Waals surface area contributed by atoms with E-state index in [-0.39, 0.29) is 25.4 Å². The highest BCUT2D eigenvalue weighted by Gasteiger charge is 2.26. The second kappa shape index (κ2) is 10.8. The molecule has 2 aromatic rings. The van der Waals surface area contributed by atoms with Crippen LogP contribution in [0.5, 0.6) is 5.75 Å². The van der Waals surface area contributed by atoms with E-state index in [2.05, 4.69) is 4.84 Å². The molecule has 1 fully saturated rings. The summed E-state index contributed by atoms with van der Waals surface area (Å²) in [6.45, 7) is 1.24. The van der Waals surface area contributed by atoms with Crippen LogP contribution in [0.4, 0.5) is 0 Å². The van der Waals surface area contributed by atoms with Crippen LogP contribution in [0.1, 0.15) is 43.6 Å².